The molecular formula is C25H31ClN2O3S. The van der Waals surface area contributed by atoms with Crippen molar-refractivity contribution in [2.75, 3.05) is 36.7 Å². The van der Waals surface area contributed by atoms with Crippen LogP contribution < -0.4 is 4.31 Å². The van der Waals surface area contributed by atoms with Crippen molar-refractivity contribution in [2.24, 2.45) is 11.8 Å². The third-order valence-electron chi connectivity index (χ3n) is 6.84. The third kappa shape index (κ3) is 5.36. The number of piperidine rings is 1. The van der Waals surface area contributed by atoms with E-state index in [9.17, 15) is 13.2 Å². The van der Waals surface area contributed by atoms with E-state index in [0.717, 1.165) is 49.4 Å². The van der Waals surface area contributed by atoms with Gasteiger partial charge in [-0.15, -0.1) is 0 Å². The lowest BCUT2D eigenvalue weighted by Crippen LogP contribution is -2.46. The number of para-hydroxylation sites is 1. The van der Waals surface area contributed by atoms with Crippen molar-refractivity contribution in [3.63, 3.8) is 0 Å². The van der Waals surface area contributed by atoms with Crippen LogP contribution in [0.2, 0.25) is 5.02 Å². The molecule has 1 aliphatic heterocycles. The summed E-state index contributed by atoms with van der Waals surface area (Å²) in [4.78, 5) is 15.3. The molecule has 4 rings (SSSR count). The van der Waals surface area contributed by atoms with Gasteiger partial charge >= 0.3 is 0 Å². The van der Waals surface area contributed by atoms with E-state index in [2.05, 4.69) is 4.90 Å². The zero-order valence-corrected chi connectivity index (χ0v) is 20.1. The van der Waals surface area contributed by atoms with Gasteiger partial charge in [-0.2, -0.15) is 0 Å². The first-order valence-corrected chi connectivity index (χ1v) is 13.6. The van der Waals surface area contributed by atoms with Crippen LogP contribution in [0.15, 0.2) is 54.6 Å². The molecule has 1 saturated heterocycles. The average Bonchev–Trinajstić information content (AvgIpc) is 2.73. The molecule has 2 aliphatic rings. The number of sulfonamides is 1. The normalized spacial score (nSPS) is 24.0. The predicted octanol–water partition coefficient (Wildman–Crippen LogP) is 4.58. The number of rotatable bonds is 8. The van der Waals surface area contributed by atoms with Crippen LogP contribution in [0.5, 0.6) is 0 Å². The standard InChI is InChI=1S/C25H31ClN2O3S/c1-32(30,31)28(20-9-3-2-4-10-20)17-19-8-7-15-27(16-19)18-25(29)23-14-13-21(23)22-11-5-6-12-24(22)26/h2-6,9-12,19,21,23H,7-8,13-18H2,1H3. The minimum absolute atomic E-state index is 0.0344. The number of hydrogen-bond acceptors (Lipinski definition) is 4. The molecule has 7 heteroatoms. The number of Topliss-reactive ketones (excluding diaryl/α,β-unsaturated/α-hetero) is 1. The van der Waals surface area contributed by atoms with Crippen molar-refractivity contribution < 1.29 is 13.2 Å². The summed E-state index contributed by atoms with van der Waals surface area (Å²) in [5.74, 6) is 0.736. The van der Waals surface area contributed by atoms with E-state index >= 15 is 0 Å². The van der Waals surface area contributed by atoms with Crippen LogP contribution in [-0.4, -0.2) is 51.5 Å². The van der Waals surface area contributed by atoms with Crippen molar-refractivity contribution in [2.45, 2.75) is 31.6 Å². The number of carbonyl (C=O) groups is 1. The van der Waals surface area contributed by atoms with Crippen molar-refractivity contribution in [1.82, 2.24) is 4.90 Å². The lowest BCUT2D eigenvalue weighted by Gasteiger charge is -2.39. The van der Waals surface area contributed by atoms with Crippen LogP contribution in [0.3, 0.4) is 0 Å². The zero-order valence-electron chi connectivity index (χ0n) is 18.5. The Labute approximate surface area is 196 Å². The summed E-state index contributed by atoms with van der Waals surface area (Å²) >= 11 is 6.37. The number of carbonyl (C=O) groups excluding carboxylic acids is 1. The lowest BCUT2D eigenvalue weighted by molar-refractivity contribution is -0.127. The zero-order chi connectivity index (χ0) is 22.7. The highest BCUT2D eigenvalue weighted by molar-refractivity contribution is 7.92. The van der Waals surface area contributed by atoms with Gasteiger partial charge in [0.05, 0.1) is 18.5 Å². The molecule has 0 bridgehead atoms. The maximum absolute atomic E-state index is 13.1. The van der Waals surface area contributed by atoms with E-state index in [-0.39, 0.29) is 23.5 Å². The number of likely N-dealkylation sites (tertiary alicyclic amines) is 1. The van der Waals surface area contributed by atoms with Gasteiger partial charge in [0, 0.05) is 24.0 Å². The number of nitrogens with zero attached hydrogens (tertiary/aromatic N) is 2. The Morgan fingerprint density at radius 2 is 1.78 bits per heavy atom. The number of ketones is 1. The summed E-state index contributed by atoms with van der Waals surface area (Å²) in [6, 6.07) is 17.1. The topological polar surface area (TPSA) is 57.7 Å². The van der Waals surface area contributed by atoms with Crippen LogP contribution in [0.25, 0.3) is 0 Å². The Balaban J connectivity index is 1.38. The molecule has 0 radical (unpaired) electrons. The summed E-state index contributed by atoms with van der Waals surface area (Å²) < 4.78 is 26.4. The van der Waals surface area contributed by atoms with Crippen LogP contribution in [-0.2, 0) is 14.8 Å². The first-order chi connectivity index (χ1) is 15.3. The first-order valence-electron chi connectivity index (χ1n) is 11.3. The van der Waals surface area contributed by atoms with Gasteiger partial charge < -0.3 is 0 Å². The number of hydrogen-bond donors (Lipinski definition) is 0. The summed E-state index contributed by atoms with van der Waals surface area (Å²) in [6.07, 6.45) is 5.12. The summed E-state index contributed by atoms with van der Waals surface area (Å²) in [5, 5.41) is 0.745. The fourth-order valence-electron chi connectivity index (χ4n) is 5.08. The molecule has 172 valence electrons. The molecule has 2 fully saturated rings. The van der Waals surface area contributed by atoms with Crippen molar-refractivity contribution in [1.29, 1.82) is 0 Å². The van der Waals surface area contributed by atoms with E-state index in [1.165, 1.54) is 10.6 Å². The molecule has 2 aromatic carbocycles. The number of halogens is 1. The van der Waals surface area contributed by atoms with Gasteiger partial charge in [-0.25, -0.2) is 8.42 Å². The summed E-state index contributed by atoms with van der Waals surface area (Å²) in [5.41, 5.74) is 1.78. The molecule has 3 unspecified atom stereocenters. The molecule has 3 atom stereocenters. The highest BCUT2D eigenvalue weighted by Crippen LogP contribution is 2.45. The largest absolute Gasteiger partial charge is 0.298 e. The maximum atomic E-state index is 13.1. The highest BCUT2D eigenvalue weighted by Gasteiger charge is 2.39. The van der Waals surface area contributed by atoms with Crippen molar-refractivity contribution in [3.05, 3.63) is 65.2 Å². The van der Waals surface area contributed by atoms with Crippen LogP contribution in [0.1, 0.15) is 37.2 Å². The molecule has 0 N–H and O–H groups in total. The van der Waals surface area contributed by atoms with Gasteiger partial charge in [0.15, 0.2) is 5.78 Å². The highest BCUT2D eigenvalue weighted by atomic mass is 35.5. The van der Waals surface area contributed by atoms with E-state index in [0.29, 0.717) is 18.8 Å². The second kappa shape index (κ2) is 9.94. The molecular weight excluding hydrogens is 444 g/mol. The molecule has 1 aliphatic carbocycles. The summed E-state index contributed by atoms with van der Waals surface area (Å²) in [7, 11) is -3.37. The quantitative estimate of drug-likeness (QED) is 0.561. The van der Waals surface area contributed by atoms with Gasteiger partial charge in [0.1, 0.15) is 0 Å². The maximum Gasteiger partial charge on any atom is 0.232 e. The van der Waals surface area contributed by atoms with Crippen molar-refractivity contribution >= 4 is 33.1 Å². The monoisotopic (exact) mass is 474 g/mol. The van der Waals surface area contributed by atoms with Gasteiger partial charge in [0.25, 0.3) is 0 Å². The Bertz CT molecular complexity index is 1040. The molecule has 1 saturated carbocycles. The minimum atomic E-state index is -3.37. The van der Waals surface area contributed by atoms with E-state index in [4.69, 9.17) is 11.6 Å². The molecule has 0 spiro atoms. The fraction of sp³-hybridized carbons (Fsp3) is 0.480. The Hall–Kier alpha value is -1.89. The lowest BCUT2D eigenvalue weighted by atomic mass is 9.68. The smallest absolute Gasteiger partial charge is 0.232 e. The molecule has 2 aromatic rings. The predicted molar refractivity (Wildman–Crippen MR) is 130 cm³/mol. The Morgan fingerprint density at radius 1 is 1.06 bits per heavy atom. The molecule has 5 nitrogen and oxygen atoms in total. The SMILES string of the molecule is CS(=O)(=O)N(CC1CCCN(CC(=O)C2CCC2c2ccccc2Cl)C1)c1ccccc1. The van der Waals surface area contributed by atoms with Gasteiger partial charge in [-0.1, -0.05) is 48.0 Å². The number of anilines is 1. The van der Waals surface area contributed by atoms with Gasteiger partial charge in [-0.3, -0.25) is 14.0 Å². The van der Waals surface area contributed by atoms with Crippen LogP contribution in [0, 0.1) is 11.8 Å². The Kier molecular flexibility index (Phi) is 7.23. The number of benzene rings is 2. The Morgan fingerprint density at radius 3 is 2.44 bits per heavy atom. The average molecular weight is 475 g/mol. The molecule has 32 heavy (non-hydrogen) atoms. The molecule has 0 amide bonds. The van der Waals surface area contributed by atoms with Crippen LogP contribution >= 0.6 is 11.6 Å². The van der Waals surface area contributed by atoms with E-state index in [1.54, 1.807) is 0 Å². The first kappa shape index (κ1) is 23.3. The fourth-order valence-corrected chi connectivity index (χ4v) is 6.34. The van der Waals surface area contributed by atoms with E-state index in [1.807, 2.05) is 54.6 Å². The molecule has 0 aromatic heterocycles. The third-order valence-corrected chi connectivity index (χ3v) is 8.35. The summed E-state index contributed by atoms with van der Waals surface area (Å²) in [6.45, 7) is 2.51. The second-order valence-corrected chi connectivity index (χ2v) is 11.5. The molecule has 1 heterocycles. The second-order valence-electron chi connectivity index (χ2n) is 9.15. The van der Waals surface area contributed by atoms with Crippen LogP contribution in [0.4, 0.5) is 5.69 Å². The minimum Gasteiger partial charge on any atom is -0.298 e. The van der Waals surface area contributed by atoms with Crippen molar-refractivity contribution in [3.8, 4) is 0 Å². The van der Waals surface area contributed by atoms with Gasteiger partial charge in [-0.05, 0) is 67.8 Å². The van der Waals surface area contributed by atoms with Gasteiger partial charge in [0.2, 0.25) is 10.0 Å². The van der Waals surface area contributed by atoms with E-state index < -0.39 is 10.0 Å².